The van der Waals surface area contributed by atoms with E-state index in [1.165, 1.54) is 0 Å². The Morgan fingerprint density at radius 1 is 1.37 bits per heavy atom. The molecule has 2 amide bonds. The number of likely N-dealkylation sites (tertiary alicyclic amines) is 1. The minimum Gasteiger partial charge on any atom is -0.396 e. The number of carbonyl (C=O) groups is 2. The molecule has 1 aliphatic heterocycles. The molecule has 0 aromatic carbocycles. The molecule has 0 radical (unpaired) electrons. The second-order valence-corrected chi connectivity index (χ2v) is 5.66. The Balaban J connectivity index is 2.49. The third-order valence-electron chi connectivity index (χ3n) is 4.18. The van der Waals surface area contributed by atoms with Gasteiger partial charge in [0, 0.05) is 38.1 Å². The molecule has 1 unspecified atom stereocenters. The molecule has 0 aromatic rings. The van der Waals surface area contributed by atoms with Crippen LogP contribution in [0.3, 0.4) is 0 Å². The summed E-state index contributed by atoms with van der Waals surface area (Å²) < 4.78 is 0. The van der Waals surface area contributed by atoms with E-state index in [1.807, 2.05) is 13.8 Å². The first-order chi connectivity index (χ1) is 8.91. The number of aliphatic hydroxyl groups excluding tert-OH is 1. The lowest BCUT2D eigenvalue weighted by molar-refractivity contribution is -0.134. The van der Waals surface area contributed by atoms with Crippen molar-refractivity contribution in [2.24, 2.45) is 5.92 Å². The zero-order valence-electron chi connectivity index (χ0n) is 12.2. The molecule has 1 atom stereocenters. The normalized spacial score (nSPS) is 19.9. The lowest BCUT2D eigenvalue weighted by atomic mass is 9.91. The SMILES string of the molecule is CCC(C)(CCO)NC(=O)C1CCN(C(C)=O)CC1. The lowest BCUT2D eigenvalue weighted by Gasteiger charge is -2.34. The molecule has 110 valence electrons. The minimum absolute atomic E-state index is 0.0137. The van der Waals surface area contributed by atoms with E-state index < -0.39 is 0 Å². The summed E-state index contributed by atoms with van der Waals surface area (Å²) in [5, 5.41) is 12.1. The van der Waals surface area contributed by atoms with Gasteiger partial charge in [-0.1, -0.05) is 6.92 Å². The Bertz CT molecular complexity index is 325. The van der Waals surface area contributed by atoms with E-state index >= 15 is 0 Å². The molecule has 5 heteroatoms. The lowest BCUT2D eigenvalue weighted by Crippen LogP contribution is -2.50. The van der Waals surface area contributed by atoms with Gasteiger partial charge in [0.15, 0.2) is 0 Å². The highest BCUT2D eigenvalue weighted by Gasteiger charge is 2.30. The molecule has 0 bridgehead atoms. The molecule has 1 aliphatic rings. The first-order valence-electron chi connectivity index (χ1n) is 7.10. The Hall–Kier alpha value is -1.10. The van der Waals surface area contributed by atoms with Crippen molar-refractivity contribution < 1.29 is 14.7 Å². The highest BCUT2D eigenvalue weighted by Crippen LogP contribution is 2.20. The van der Waals surface area contributed by atoms with Gasteiger partial charge in [-0.15, -0.1) is 0 Å². The third-order valence-corrected chi connectivity index (χ3v) is 4.18. The molecule has 0 aliphatic carbocycles. The fraction of sp³-hybridized carbons (Fsp3) is 0.857. The summed E-state index contributed by atoms with van der Waals surface area (Å²) in [4.78, 5) is 25.2. The molecule has 19 heavy (non-hydrogen) atoms. The van der Waals surface area contributed by atoms with Gasteiger partial charge in [-0.05, 0) is 32.6 Å². The maximum Gasteiger partial charge on any atom is 0.223 e. The van der Waals surface area contributed by atoms with Crippen LogP contribution in [0.1, 0.15) is 46.5 Å². The van der Waals surface area contributed by atoms with Gasteiger partial charge in [0.25, 0.3) is 0 Å². The summed E-state index contributed by atoms with van der Waals surface area (Å²) in [7, 11) is 0. The van der Waals surface area contributed by atoms with E-state index in [2.05, 4.69) is 5.32 Å². The van der Waals surface area contributed by atoms with Crippen LogP contribution in [0.5, 0.6) is 0 Å². The summed E-state index contributed by atoms with van der Waals surface area (Å²) in [5.74, 6) is 0.124. The van der Waals surface area contributed by atoms with E-state index in [9.17, 15) is 9.59 Å². The molecule has 0 saturated carbocycles. The van der Waals surface area contributed by atoms with Gasteiger partial charge in [-0.2, -0.15) is 0 Å². The third kappa shape index (κ3) is 4.49. The molecule has 1 rings (SSSR count). The minimum atomic E-state index is -0.330. The van der Waals surface area contributed by atoms with E-state index in [1.54, 1.807) is 11.8 Å². The fourth-order valence-electron chi connectivity index (χ4n) is 2.43. The zero-order valence-corrected chi connectivity index (χ0v) is 12.2. The molecule has 1 fully saturated rings. The summed E-state index contributed by atoms with van der Waals surface area (Å²) >= 11 is 0. The predicted octanol–water partition coefficient (Wildman–Crippen LogP) is 0.912. The average Bonchev–Trinajstić information content (AvgIpc) is 2.39. The van der Waals surface area contributed by atoms with Crippen molar-refractivity contribution in [3.63, 3.8) is 0 Å². The maximum atomic E-state index is 12.2. The van der Waals surface area contributed by atoms with Crippen LogP contribution in [0.4, 0.5) is 0 Å². The van der Waals surface area contributed by atoms with Crippen LogP contribution in [-0.2, 0) is 9.59 Å². The Labute approximate surface area is 115 Å². The molecular weight excluding hydrogens is 244 g/mol. The highest BCUT2D eigenvalue weighted by atomic mass is 16.3. The Kier molecular flexibility index (Phi) is 5.79. The molecule has 5 nitrogen and oxygen atoms in total. The van der Waals surface area contributed by atoms with Crippen molar-refractivity contribution in [1.82, 2.24) is 10.2 Å². The number of piperidine rings is 1. The Morgan fingerprint density at radius 3 is 2.37 bits per heavy atom. The quantitative estimate of drug-likeness (QED) is 0.780. The van der Waals surface area contributed by atoms with Gasteiger partial charge in [0.2, 0.25) is 11.8 Å². The first-order valence-corrected chi connectivity index (χ1v) is 7.10. The first kappa shape index (κ1) is 16.0. The van der Waals surface area contributed by atoms with Crippen molar-refractivity contribution in [1.29, 1.82) is 0 Å². The predicted molar refractivity (Wildman–Crippen MR) is 73.5 cm³/mol. The number of rotatable bonds is 5. The van der Waals surface area contributed by atoms with E-state index in [0.717, 1.165) is 19.3 Å². The smallest absolute Gasteiger partial charge is 0.223 e. The second-order valence-electron chi connectivity index (χ2n) is 5.66. The van der Waals surface area contributed by atoms with Crippen LogP contribution in [0.25, 0.3) is 0 Å². The van der Waals surface area contributed by atoms with Crippen molar-refractivity contribution in [3.8, 4) is 0 Å². The van der Waals surface area contributed by atoms with Crippen LogP contribution >= 0.6 is 0 Å². The number of aliphatic hydroxyl groups is 1. The van der Waals surface area contributed by atoms with Crippen molar-refractivity contribution in [2.75, 3.05) is 19.7 Å². The van der Waals surface area contributed by atoms with Gasteiger partial charge in [0.1, 0.15) is 0 Å². The van der Waals surface area contributed by atoms with Gasteiger partial charge in [-0.3, -0.25) is 9.59 Å². The average molecular weight is 270 g/mol. The maximum absolute atomic E-state index is 12.2. The van der Waals surface area contributed by atoms with Crippen LogP contribution in [0.2, 0.25) is 0 Å². The Morgan fingerprint density at radius 2 is 1.95 bits per heavy atom. The van der Waals surface area contributed by atoms with E-state index in [4.69, 9.17) is 5.11 Å². The summed E-state index contributed by atoms with van der Waals surface area (Å²) in [5.41, 5.74) is -0.330. The summed E-state index contributed by atoms with van der Waals surface area (Å²) in [6, 6.07) is 0. The second kappa shape index (κ2) is 6.89. The van der Waals surface area contributed by atoms with Crippen molar-refractivity contribution in [3.05, 3.63) is 0 Å². The molecule has 1 heterocycles. The van der Waals surface area contributed by atoms with Crippen molar-refractivity contribution in [2.45, 2.75) is 52.0 Å². The van der Waals surface area contributed by atoms with Crippen LogP contribution in [-0.4, -0.2) is 47.1 Å². The van der Waals surface area contributed by atoms with E-state index in [0.29, 0.717) is 19.5 Å². The zero-order chi connectivity index (χ0) is 14.5. The van der Waals surface area contributed by atoms with Gasteiger partial charge < -0.3 is 15.3 Å². The van der Waals surface area contributed by atoms with Gasteiger partial charge in [0.05, 0.1) is 0 Å². The molecular formula is C14H26N2O3. The van der Waals surface area contributed by atoms with Crippen LogP contribution < -0.4 is 5.32 Å². The number of hydrogen-bond donors (Lipinski definition) is 2. The van der Waals surface area contributed by atoms with Crippen LogP contribution in [0.15, 0.2) is 0 Å². The van der Waals surface area contributed by atoms with Crippen molar-refractivity contribution >= 4 is 11.8 Å². The number of nitrogens with zero attached hydrogens (tertiary/aromatic N) is 1. The number of carbonyl (C=O) groups excluding carboxylic acids is 2. The summed E-state index contributed by atoms with van der Waals surface area (Å²) in [6.45, 7) is 6.94. The van der Waals surface area contributed by atoms with E-state index in [-0.39, 0.29) is 29.9 Å². The largest absolute Gasteiger partial charge is 0.396 e. The standard InChI is InChI=1S/C14H26N2O3/c1-4-14(3,7-10-17)15-13(19)12-5-8-16(9-6-12)11(2)18/h12,17H,4-10H2,1-3H3,(H,15,19). The topological polar surface area (TPSA) is 69.6 Å². The number of hydrogen-bond acceptors (Lipinski definition) is 3. The molecule has 2 N–H and O–H groups in total. The molecule has 0 aromatic heterocycles. The monoisotopic (exact) mass is 270 g/mol. The number of nitrogens with one attached hydrogen (secondary N) is 1. The van der Waals surface area contributed by atoms with Crippen LogP contribution in [0, 0.1) is 5.92 Å². The van der Waals surface area contributed by atoms with Gasteiger partial charge in [-0.25, -0.2) is 0 Å². The van der Waals surface area contributed by atoms with Gasteiger partial charge >= 0.3 is 0 Å². The summed E-state index contributed by atoms with van der Waals surface area (Å²) in [6.07, 6.45) is 2.82. The highest BCUT2D eigenvalue weighted by molar-refractivity contribution is 5.80. The number of amides is 2. The molecule has 0 spiro atoms. The molecule has 1 saturated heterocycles. The fourth-order valence-corrected chi connectivity index (χ4v) is 2.43.